The first-order chi connectivity index (χ1) is 6.27. The number of allylic oxidation sites excluding steroid dienone is 2. The highest BCUT2D eigenvalue weighted by molar-refractivity contribution is 5.87. The molecule has 2 N–H and O–H groups in total. The molecular weight excluding hydrogens is 164 g/mol. The van der Waals surface area contributed by atoms with E-state index >= 15 is 0 Å². The van der Waals surface area contributed by atoms with Gasteiger partial charge in [-0.2, -0.15) is 0 Å². The lowest BCUT2D eigenvalue weighted by Gasteiger charge is -2.38. The molecule has 2 unspecified atom stereocenters. The number of likely N-dealkylation sites (tertiary alicyclic amines) is 1. The van der Waals surface area contributed by atoms with Crippen molar-refractivity contribution in [3.8, 4) is 0 Å². The van der Waals surface area contributed by atoms with E-state index in [0.717, 1.165) is 19.5 Å². The van der Waals surface area contributed by atoms with Gasteiger partial charge in [0.2, 0.25) is 5.91 Å². The van der Waals surface area contributed by atoms with Crippen molar-refractivity contribution >= 4 is 5.91 Å². The lowest BCUT2D eigenvalue weighted by molar-refractivity contribution is -0.143. The highest BCUT2D eigenvalue weighted by Crippen LogP contribution is 2.21. The summed E-state index contributed by atoms with van der Waals surface area (Å²) in [6.07, 6.45) is 7.95. The molecule has 0 aromatic carbocycles. The number of nitrogens with two attached hydrogens (primary N) is 1. The van der Waals surface area contributed by atoms with E-state index in [1.807, 2.05) is 4.90 Å². The van der Waals surface area contributed by atoms with Crippen LogP contribution in [0.2, 0.25) is 0 Å². The minimum absolute atomic E-state index is 0.134. The van der Waals surface area contributed by atoms with Gasteiger partial charge in [0, 0.05) is 13.1 Å². The second kappa shape index (κ2) is 3.50. The Morgan fingerprint density at radius 1 is 1.54 bits per heavy atom. The van der Waals surface area contributed by atoms with Gasteiger partial charge in [0.25, 0.3) is 0 Å². The Kier molecular flexibility index (Phi) is 2.36. The largest absolute Gasteiger partial charge is 0.339 e. The van der Waals surface area contributed by atoms with Gasteiger partial charge in [-0.1, -0.05) is 12.2 Å². The van der Waals surface area contributed by atoms with Crippen molar-refractivity contribution in [2.45, 2.75) is 25.3 Å². The molecule has 3 heteroatoms. The fourth-order valence-corrected chi connectivity index (χ4v) is 2.03. The van der Waals surface area contributed by atoms with E-state index in [1.165, 1.54) is 12.8 Å². The van der Waals surface area contributed by atoms with E-state index in [0.29, 0.717) is 5.92 Å². The van der Waals surface area contributed by atoms with Crippen LogP contribution in [0.4, 0.5) is 0 Å². The van der Waals surface area contributed by atoms with Crippen LogP contribution in [0.5, 0.6) is 0 Å². The van der Waals surface area contributed by atoms with Crippen LogP contribution in [0, 0.1) is 5.92 Å². The van der Waals surface area contributed by atoms with Gasteiger partial charge in [-0.15, -0.1) is 0 Å². The molecule has 0 aromatic rings. The molecule has 0 radical (unpaired) electrons. The van der Waals surface area contributed by atoms with Crippen molar-refractivity contribution in [1.82, 2.24) is 4.90 Å². The maximum Gasteiger partial charge on any atom is 0.241 e. The van der Waals surface area contributed by atoms with Crippen LogP contribution in [-0.2, 0) is 4.79 Å². The van der Waals surface area contributed by atoms with Gasteiger partial charge in [-0.3, -0.25) is 4.79 Å². The zero-order valence-electron chi connectivity index (χ0n) is 7.78. The molecule has 1 aliphatic carbocycles. The number of β-lactam (4-membered cyclic amide) rings is 1. The maximum absolute atomic E-state index is 11.2. The van der Waals surface area contributed by atoms with Gasteiger partial charge < -0.3 is 10.6 Å². The van der Waals surface area contributed by atoms with Crippen molar-refractivity contribution in [1.29, 1.82) is 0 Å². The summed E-state index contributed by atoms with van der Waals surface area (Å²) in [5.74, 6) is 0.802. The second-order valence-corrected chi connectivity index (χ2v) is 4.00. The average Bonchev–Trinajstić information content (AvgIpc) is 2.19. The number of rotatable bonds is 2. The highest BCUT2D eigenvalue weighted by atomic mass is 16.2. The molecule has 13 heavy (non-hydrogen) atoms. The molecule has 0 bridgehead atoms. The molecule has 1 saturated heterocycles. The van der Waals surface area contributed by atoms with Gasteiger partial charge in [-0.25, -0.2) is 0 Å². The normalized spacial score (nSPS) is 33.3. The lowest BCUT2D eigenvalue weighted by Crippen LogP contribution is -2.61. The molecule has 1 aliphatic heterocycles. The van der Waals surface area contributed by atoms with Crippen LogP contribution >= 0.6 is 0 Å². The van der Waals surface area contributed by atoms with E-state index < -0.39 is 0 Å². The Balaban J connectivity index is 1.79. The van der Waals surface area contributed by atoms with E-state index in [-0.39, 0.29) is 11.9 Å². The predicted molar refractivity (Wildman–Crippen MR) is 51.0 cm³/mol. The summed E-state index contributed by atoms with van der Waals surface area (Å²) < 4.78 is 0. The molecule has 0 saturated carbocycles. The zero-order valence-corrected chi connectivity index (χ0v) is 7.78. The first-order valence-corrected chi connectivity index (χ1v) is 4.97. The van der Waals surface area contributed by atoms with Crippen molar-refractivity contribution in [2.24, 2.45) is 11.7 Å². The van der Waals surface area contributed by atoms with Gasteiger partial charge in [-0.05, 0) is 25.2 Å². The van der Waals surface area contributed by atoms with Crippen molar-refractivity contribution < 1.29 is 4.79 Å². The van der Waals surface area contributed by atoms with Crippen LogP contribution in [0.25, 0.3) is 0 Å². The van der Waals surface area contributed by atoms with Crippen LogP contribution in [0.3, 0.4) is 0 Å². The number of nitrogens with zero attached hydrogens (tertiary/aromatic N) is 1. The summed E-state index contributed by atoms with van der Waals surface area (Å²) >= 11 is 0. The summed E-state index contributed by atoms with van der Waals surface area (Å²) in [6.45, 7) is 1.68. The van der Waals surface area contributed by atoms with E-state index in [9.17, 15) is 4.79 Å². The van der Waals surface area contributed by atoms with Gasteiger partial charge >= 0.3 is 0 Å². The zero-order chi connectivity index (χ0) is 9.26. The van der Waals surface area contributed by atoms with E-state index in [4.69, 9.17) is 5.73 Å². The highest BCUT2D eigenvalue weighted by Gasteiger charge is 2.34. The summed E-state index contributed by atoms with van der Waals surface area (Å²) in [7, 11) is 0. The van der Waals surface area contributed by atoms with E-state index in [2.05, 4.69) is 12.2 Å². The molecule has 2 atom stereocenters. The summed E-state index contributed by atoms with van der Waals surface area (Å²) in [4.78, 5) is 13.1. The predicted octanol–water partition coefficient (Wildman–Crippen LogP) is 0.512. The summed E-state index contributed by atoms with van der Waals surface area (Å²) in [5.41, 5.74) is 5.51. The SMILES string of the molecule is NC1CN(CC2CC=CCC2)C1=O. The Hall–Kier alpha value is -0.830. The molecule has 3 nitrogen and oxygen atoms in total. The number of hydrogen-bond acceptors (Lipinski definition) is 2. The molecule has 1 fully saturated rings. The Morgan fingerprint density at radius 3 is 2.92 bits per heavy atom. The Bertz CT molecular complexity index is 237. The molecule has 1 amide bonds. The number of amides is 1. The molecular formula is C10H16N2O. The lowest BCUT2D eigenvalue weighted by atomic mass is 9.92. The maximum atomic E-state index is 11.2. The minimum atomic E-state index is -0.209. The van der Waals surface area contributed by atoms with Gasteiger partial charge in [0.05, 0.1) is 0 Å². The molecule has 72 valence electrons. The van der Waals surface area contributed by atoms with Crippen molar-refractivity contribution in [3.63, 3.8) is 0 Å². The second-order valence-electron chi connectivity index (χ2n) is 4.00. The molecule has 0 aromatic heterocycles. The molecule has 1 heterocycles. The summed E-state index contributed by atoms with van der Waals surface area (Å²) in [6, 6.07) is -0.209. The number of hydrogen-bond donors (Lipinski definition) is 1. The third kappa shape index (κ3) is 1.75. The summed E-state index contributed by atoms with van der Waals surface area (Å²) in [5, 5.41) is 0. The average molecular weight is 180 g/mol. The molecule has 2 rings (SSSR count). The topological polar surface area (TPSA) is 46.3 Å². The number of carbonyl (C=O) groups is 1. The van der Waals surface area contributed by atoms with Gasteiger partial charge in [0.15, 0.2) is 0 Å². The monoisotopic (exact) mass is 180 g/mol. The molecule has 2 aliphatic rings. The smallest absolute Gasteiger partial charge is 0.241 e. The fraction of sp³-hybridized carbons (Fsp3) is 0.700. The van der Waals surface area contributed by atoms with Crippen molar-refractivity contribution in [2.75, 3.05) is 13.1 Å². The minimum Gasteiger partial charge on any atom is -0.339 e. The number of carbonyl (C=O) groups excluding carboxylic acids is 1. The third-order valence-electron chi connectivity index (χ3n) is 2.90. The first-order valence-electron chi connectivity index (χ1n) is 4.97. The first kappa shape index (κ1) is 8.75. The Labute approximate surface area is 78.6 Å². The quantitative estimate of drug-likeness (QED) is 0.497. The van der Waals surface area contributed by atoms with Gasteiger partial charge in [0.1, 0.15) is 6.04 Å². The third-order valence-corrected chi connectivity index (χ3v) is 2.90. The fourth-order valence-electron chi connectivity index (χ4n) is 2.03. The van der Waals surface area contributed by atoms with Crippen LogP contribution in [-0.4, -0.2) is 29.9 Å². The standard InChI is InChI=1S/C10H16N2O/c11-9-7-12(10(9)13)6-8-4-2-1-3-5-8/h1-2,8-9H,3-7,11H2. The van der Waals surface area contributed by atoms with Crippen LogP contribution < -0.4 is 5.73 Å². The van der Waals surface area contributed by atoms with Crippen LogP contribution in [0.1, 0.15) is 19.3 Å². The van der Waals surface area contributed by atoms with Crippen molar-refractivity contribution in [3.05, 3.63) is 12.2 Å². The van der Waals surface area contributed by atoms with E-state index in [1.54, 1.807) is 0 Å². The molecule has 0 spiro atoms. The van der Waals surface area contributed by atoms with Crippen LogP contribution in [0.15, 0.2) is 12.2 Å². The Morgan fingerprint density at radius 2 is 2.38 bits per heavy atom.